The largest absolute Gasteiger partial charge is 0.368 e. The number of benzene rings is 1. The Kier molecular flexibility index (Phi) is 2.45. The Morgan fingerprint density at radius 3 is 3.00 bits per heavy atom. The van der Waals surface area contributed by atoms with E-state index < -0.39 is 0 Å². The van der Waals surface area contributed by atoms with E-state index >= 15 is 0 Å². The molecule has 3 nitrogen and oxygen atoms in total. The summed E-state index contributed by atoms with van der Waals surface area (Å²) in [6.45, 7) is 2.84. The molecule has 4 heteroatoms. The summed E-state index contributed by atoms with van der Waals surface area (Å²) in [6.07, 6.45) is 0. The van der Waals surface area contributed by atoms with Gasteiger partial charge < -0.3 is 10.3 Å². The van der Waals surface area contributed by atoms with Crippen molar-refractivity contribution >= 4 is 29.1 Å². The second kappa shape index (κ2) is 3.75. The van der Waals surface area contributed by atoms with E-state index in [-0.39, 0.29) is 0 Å². The van der Waals surface area contributed by atoms with Crippen LogP contribution in [0.5, 0.6) is 0 Å². The predicted octanol–water partition coefficient (Wildman–Crippen LogP) is 2.72. The number of fused-ring (bicyclic) bond motifs is 1. The molecule has 0 fully saturated rings. The third-order valence-electron chi connectivity index (χ3n) is 1.94. The molecule has 72 valence electrons. The first-order valence-electron chi connectivity index (χ1n) is 4.54. The number of nitrogens with zero attached hydrogens (tertiary/aromatic N) is 1. The minimum atomic E-state index is 0.658. The minimum Gasteiger partial charge on any atom is -0.368 e. The van der Waals surface area contributed by atoms with Crippen molar-refractivity contribution in [2.75, 3.05) is 11.9 Å². The fourth-order valence-corrected chi connectivity index (χ4v) is 1.54. The highest BCUT2D eigenvalue weighted by molar-refractivity contribution is 7.71. The number of nitrogens with one attached hydrogen (secondary N) is 2. The first-order valence-corrected chi connectivity index (χ1v) is 4.95. The van der Waals surface area contributed by atoms with Gasteiger partial charge in [-0.15, -0.1) is 0 Å². The van der Waals surface area contributed by atoms with Gasteiger partial charge in [0.2, 0.25) is 0 Å². The smallest absolute Gasteiger partial charge is 0.161 e. The predicted molar refractivity (Wildman–Crippen MR) is 61.1 cm³/mol. The van der Waals surface area contributed by atoms with Crippen LogP contribution in [-0.4, -0.2) is 16.5 Å². The van der Waals surface area contributed by atoms with Gasteiger partial charge in [-0.2, -0.15) is 0 Å². The van der Waals surface area contributed by atoms with Crippen molar-refractivity contribution in [1.29, 1.82) is 0 Å². The molecule has 0 aliphatic heterocycles. The quantitative estimate of drug-likeness (QED) is 0.741. The van der Waals surface area contributed by atoms with Crippen molar-refractivity contribution in [3.63, 3.8) is 0 Å². The zero-order chi connectivity index (χ0) is 9.97. The van der Waals surface area contributed by atoms with E-state index in [0.717, 1.165) is 23.4 Å². The Labute approximate surface area is 87.2 Å². The highest BCUT2D eigenvalue weighted by Gasteiger charge is 1.98. The lowest BCUT2D eigenvalue weighted by atomic mass is 10.3. The molecule has 1 aromatic heterocycles. The van der Waals surface area contributed by atoms with Gasteiger partial charge in [-0.3, -0.25) is 0 Å². The zero-order valence-corrected chi connectivity index (χ0v) is 8.69. The van der Waals surface area contributed by atoms with E-state index in [0.29, 0.717) is 4.64 Å². The van der Waals surface area contributed by atoms with Crippen molar-refractivity contribution < 1.29 is 0 Å². The highest BCUT2D eigenvalue weighted by atomic mass is 32.1. The van der Waals surface area contributed by atoms with Gasteiger partial charge in [-0.05, 0) is 19.1 Å². The average Bonchev–Trinajstić information content (AvgIpc) is 2.19. The summed E-state index contributed by atoms with van der Waals surface area (Å²) in [5.41, 5.74) is 1.90. The van der Waals surface area contributed by atoms with Crippen LogP contribution in [-0.2, 0) is 0 Å². The molecule has 1 aromatic carbocycles. The zero-order valence-electron chi connectivity index (χ0n) is 7.87. The molecule has 0 amide bonds. The van der Waals surface area contributed by atoms with Gasteiger partial charge >= 0.3 is 0 Å². The Bertz CT molecular complexity index is 504. The maximum atomic E-state index is 5.16. The summed E-state index contributed by atoms with van der Waals surface area (Å²) in [7, 11) is 0. The van der Waals surface area contributed by atoms with Crippen LogP contribution < -0.4 is 5.32 Å². The van der Waals surface area contributed by atoms with Gasteiger partial charge in [0.1, 0.15) is 4.64 Å². The lowest BCUT2D eigenvalue weighted by Crippen LogP contribution is -2.01. The third-order valence-corrected chi connectivity index (χ3v) is 2.24. The van der Waals surface area contributed by atoms with Crippen molar-refractivity contribution in [3.05, 3.63) is 28.9 Å². The average molecular weight is 205 g/mol. The lowest BCUT2D eigenvalue weighted by molar-refractivity contribution is 1.14. The Morgan fingerprint density at radius 2 is 2.21 bits per heavy atom. The number of para-hydroxylation sites is 2. The van der Waals surface area contributed by atoms with Gasteiger partial charge in [0, 0.05) is 6.54 Å². The molecule has 0 radical (unpaired) electrons. The van der Waals surface area contributed by atoms with E-state index in [1.807, 2.05) is 31.2 Å². The number of H-pyrrole nitrogens is 1. The van der Waals surface area contributed by atoms with Crippen molar-refractivity contribution in [2.45, 2.75) is 6.92 Å². The maximum Gasteiger partial charge on any atom is 0.161 e. The summed E-state index contributed by atoms with van der Waals surface area (Å²) in [4.78, 5) is 7.55. The summed E-state index contributed by atoms with van der Waals surface area (Å²) < 4.78 is 0.658. The first-order chi connectivity index (χ1) is 6.81. The molecule has 1 heterocycles. The lowest BCUT2D eigenvalue weighted by Gasteiger charge is -2.04. The molecular weight excluding hydrogens is 194 g/mol. The number of anilines is 1. The van der Waals surface area contributed by atoms with Crippen molar-refractivity contribution in [2.24, 2.45) is 0 Å². The fraction of sp³-hybridized carbons (Fsp3) is 0.200. The molecule has 0 aliphatic rings. The normalized spacial score (nSPS) is 10.4. The van der Waals surface area contributed by atoms with E-state index in [9.17, 15) is 0 Å². The molecule has 0 atom stereocenters. The fourth-order valence-electron chi connectivity index (χ4n) is 1.32. The molecule has 2 N–H and O–H groups in total. The first kappa shape index (κ1) is 9.15. The maximum absolute atomic E-state index is 5.16. The van der Waals surface area contributed by atoms with Gasteiger partial charge in [-0.1, -0.05) is 24.4 Å². The summed E-state index contributed by atoms with van der Waals surface area (Å²) in [6, 6.07) is 7.85. The van der Waals surface area contributed by atoms with Gasteiger partial charge in [0.15, 0.2) is 5.82 Å². The van der Waals surface area contributed by atoms with Crippen LogP contribution in [0.1, 0.15) is 6.92 Å². The third kappa shape index (κ3) is 1.61. The second-order valence-electron chi connectivity index (χ2n) is 2.96. The van der Waals surface area contributed by atoms with Gasteiger partial charge in [0.05, 0.1) is 11.0 Å². The van der Waals surface area contributed by atoms with E-state index in [1.165, 1.54) is 0 Å². The van der Waals surface area contributed by atoms with Crippen LogP contribution in [0, 0.1) is 4.64 Å². The molecule has 0 bridgehead atoms. The van der Waals surface area contributed by atoms with Crippen LogP contribution >= 0.6 is 12.2 Å². The Morgan fingerprint density at radius 1 is 1.43 bits per heavy atom. The van der Waals surface area contributed by atoms with Gasteiger partial charge in [0.25, 0.3) is 0 Å². The van der Waals surface area contributed by atoms with Crippen molar-refractivity contribution in [3.8, 4) is 0 Å². The number of hydrogen-bond donors (Lipinski definition) is 2. The van der Waals surface area contributed by atoms with Crippen LogP contribution in [0.25, 0.3) is 11.0 Å². The summed E-state index contributed by atoms with van der Waals surface area (Å²) >= 11 is 5.16. The Balaban J connectivity index is 2.65. The summed E-state index contributed by atoms with van der Waals surface area (Å²) in [5, 5.41) is 3.12. The number of aromatic amines is 1. The van der Waals surface area contributed by atoms with E-state index in [4.69, 9.17) is 12.2 Å². The topological polar surface area (TPSA) is 40.7 Å². The van der Waals surface area contributed by atoms with Gasteiger partial charge in [-0.25, -0.2) is 4.98 Å². The number of aromatic nitrogens is 2. The molecule has 14 heavy (non-hydrogen) atoms. The van der Waals surface area contributed by atoms with Crippen LogP contribution in [0.2, 0.25) is 0 Å². The number of hydrogen-bond acceptors (Lipinski definition) is 3. The molecule has 0 saturated carbocycles. The second-order valence-corrected chi connectivity index (χ2v) is 3.37. The van der Waals surface area contributed by atoms with Crippen LogP contribution in [0.15, 0.2) is 24.3 Å². The monoisotopic (exact) mass is 205 g/mol. The minimum absolute atomic E-state index is 0.658. The Hall–Kier alpha value is -1.42. The molecule has 0 saturated heterocycles. The molecular formula is C10H11N3S. The highest BCUT2D eigenvalue weighted by Crippen LogP contribution is 2.12. The number of rotatable bonds is 2. The van der Waals surface area contributed by atoms with Crippen LogP contribution in [0.4, 0.5) is 5.82 Å². The van der Waals surface area contributed by atoms with E-state index in [1.54, 1.807) is 0 Å². The van der Waals surface area contributed by atoms with E-state index in [2.05, 4.69) is 15.3 Å². The molecule has 2 rings (SSSR count). The molecule has 0 unspecified atom stereocenters. The summed E-state index contributed by atoms with van der Waals surface area (Å²) in [5.74, 6) is 0.751. The standard InChI is InChI=1S/C10H11N3S/c1-2-11-9-10(14)13-8-6-4-3-5-7(8)12-9/h3-6H,2H2,1H3,(H,11,12)(H,13,14). The molecule has 2 aromatic rings. The molecule has 0 aliphatic carbocycles. The van der Waals surface area contributed by atoms with Crippen LogP contribution in [0.3, 0.4) is 0 Å². The molecule has 0 spiro atoms. The SMILES string of the molecule is CCNc1nc2ccccc2[nH]c1=S. The van der Waals surface area contributed by atoms with Crippen molar-refractivity contribution in [1.82, 2.24) is 9.97 Å².